The molecule has 1 aliphatic rings. The molecule has 1 saturated heterocycles. The van der Waals surface area contributed by atoms with E-state index in [0.717, 1.165) is 24.1 Å². The first-order valence-electron chi connectivity index (χ1n) is 8.70. The molecule has 0 radical (unpaired) electrons. The van der Waals surface area contributed by atoms with Gasteiger partial charge < -0.3 is 10.6 Å². The van der Waals surface area contributed by atoms with Gasteiger partial charge in [0.25, 0.3) is 0 Å². The Labute approximate surface area is 167 Å². The number of rotatable bonds is 6. The largest absolute Gasteiger partial charge is 0.357 e. The Hall–Kier alpha value is -0.410. The minimum Gasteiger partial charge on any atom is -0.357 e. The summed E-state index contributed by atoms with van der Waals surface area (Å²) in [6.07, 6.45) is 5.93. The third-order valence-corrected chi connectivity index (χ3v) is 5.18. The second-order valence-corrected chi connectivity index (χ2v) is 8.09. The van der Waals surface area contributed by atoms with E-state index in [-0.39, 0.29) is 29.5 Å². The van der Waals surface area contributed by atoms with Crippen molar-refractivity contribution >= 4 is 41.3 Å². The van der Waals surface area contributed by atoms with Crippen LogP contribution in [0.15, 0.2) is 11.2 Å². The Morgan fingerprint density at radius 3 is 2.58 bits per heavy atom. The topological polar surface area (TPSA) is 52.6 Å². The summed E-state index contributed by atoms with van der Waals surface area (Å²) in [6.45, 7) is 13.6. The molecule has 2 heterocycles. The maximum atomic E-state index is 4.67. The number of aryl methyl sites for hydroxylation is 1. The molecule has 0 bridgehead atoms. The SMILES string of the molecule is CCNC(=NCc1ncc(C)s1)NCC(C)(C)N1CCCCC1.I. The summed E-state index contributed by atoms with van der Waals surface area (Å²) in [5, 5.41) is 7.91. The van der Waals surface area contributed by atoms with E-state index in [2.05, 4.69) is 53.2 Å². The van der Waals surface area contributed by atoms with Gasteiger partial charge >= 0.3 is 0 Å². The Morgan fingerprint density at radius 2 is 2.00 bits per heavy atom. The molecule has 0 aromatic carbocycles. The highest BCUT2D eigenvalue weighted by Crippen LogP contribution is 2.19. The molecule has 5 nitrogen and oxygen atoms in total. The van der Waals surface area contributed by atoms with Gasteiger partial charge in [0, 0.05) is 29.7 Å². The molecule has 0 aliphatic carbocycles. The number of hydrogen-bond donors (Lipinski definition) is 2. The average Bonchev–Trinajstić information content (AvgIpc) is 2.96. The van der Waals surface area contributed by atoms with Crippen molar-refractivity contribution in [3.8, 4) is 0 Å². The number of nitrogens with zero attached hydrogens (tertiary/aromatic N) is 3. The summed E-state index contributed by atoms with van der Waals surface area (Å²) >= 11 is 1.71. The quantitative estimate of drug-likeness (QED) is 0.384. The summed E-state index contributed by atoms with van der Waals surface area (Å²) in [5.41, 5.74) is 0.147. The molecular weight excluding hydrogens is 433 g/mol. The molecule has 7 heteroatoms. The lowest BCUT2D eigenvalue weighted by Crippen LogP contribution is -2.54. The van der Waals surface area contributed by atoms with Gasteiger partial charge in [0.1, 0.15) is 5.01 Å². The number of piperidine rings is 1. The van der Waals surface area contributed by atoms with E-state index in [4.69, 9.17) is 0 Å². The molecule has 138 valence electrons. The molecule has 2 rings (SSSR count). The zero-order chi connectivity index (χ0) is 16.7. The molecule has 1 aliphatic heterocycles. The Balaban J connectivity index is 0.00000288. The smallest absolute Gasteiger partial charge is 0.191 e. The predicted molar refractivity (Wildman–Crippen MR) is 115 cm³/mol. The summed E-state index contributed by atoms with van der Waals surface area (Å²) in [6, 6.07) is 0. The van der Waals surface area contributed by atoms with E-state index >= 15 is 0 Å². The minimum atomic E-state index is 0. The number of aliphatic imine (C=N–C) groups is 1. The van der Waals surface area contributed by atoms with Gasteiger partial charge in [-0.3, -0.25) is 4.90 Å². The fraction of sp³-hybridized carbons (Fsp3) is 0.765. The first kappa shape index (κ1) is 21.6. The van der Waals surface area contributed by atoms with Gasteiger partial charge in [-0.25, -0.2) is 9.98 Å². The minimum absolute atomic E-state index is 0. The molecule has 0 atom stereocenters. The van der Waals surface area contributed by atoms with Crippen LogP contribution in [0.3, 0.4) is 0 Å². The van der Waals surface area contributed by atoms with Gasteiger partial charge in [-0.1, -0.05) is 6.42 Å². The van der Waals surface area contributed by atoms with Crippen molar-refractivity contribution in [3.63, 3.8) is 0 Å². The zero-order valence-electron chi connectivity index (χ0n) is 15.4. The summed E-state index contributed by atoms with van der Waals surface area (Å²) < 4.78 is 0. The lowest BCUT2D eigenvalue weighted by atomic mass is 9.98. The second kappa shape index (κ2) is 10.6. The van der Waals surface area contributed by atoms with Crippen LogP contribution in [0.2, 0.25) is 0 Å². The van der Waals surface area contributed by atoms with Crippen molar-refractivity contribution in [3.05, 3.63) is 16.1 Å². The highest BCUT2D eigenvalue weighted by molar-refractivity contribution is 14.0. The van der Waals surface area contributed by atoms with Crippen molar-refractivity contribution in [1.29, 1.82) is 0 Å². The summed E-state index contributed by atoms with van der Waals surface area (Å²) in [5.74, 6) is 0.880. The van der Waals surface area contributed by atoms with Gasteiger partial charge in [0.2, 0.25) is 0 Å². The molecule has 0 unspecified atom stereocenters. The van der Waals surface area contributed by atoms with Crippen molar-refractivity contribution < 1.29 is 0 Å². The van der Waals surface area contributed by atoms with Crippen LogP contribution < -0.4 is 10.6 Å². The number of aromatic nitrogens is 1. The maximum absolute atomic E-state index is 4.67. The zero-order valence-corrected chi connectivity index (χ0v) is 18.5. The van der Waals surface area contributed by atoms with E-state index in [1.165, 1.54) is 37.2 Å². The normalized spacial score (nSPS) is 16.6. The van der Waals surface area contributed by atoms with Gasteiger partial charge in [-0.05, 0) is 53.6 Å². The average molecular weight is 465 g/mol. The van der Waals surface area contributed by atoms with Crippen LogP contribution in [-0.4, -0.2) is 47.6 Å². The van der Waals surface area contributed by atoms with Crippen LogP contribution in [-0.2, 0) is 6.54 Å². The van der Waals surface area contributed by atoms with Crippen LogP contribution in [0.4, 0.5) is 0 Å². The van der Waals surface area contributed by atoms with Crippen molar-refractivity contribution in [2.75, 3.05) is 26.2 Å². The summed E-state index contributed by atoms with van der Waals surface area (Å²) in [4.78, 5) is 12.9. The third kappa shape index (κ3) is 6.84. The van der Waals surface area contributed by atoms with Crippen molar-refractivity contribution in [2.45, 2.75) is 59.0 Å². The fourth-order valence-electron chi connectivity index (χ4n) is 2.87. The number of guanidine groups is 1. The molecule has 0 spiro atoms. The first-order chi connectivity index (χ1) is 11.0. The van der Waals surface area contributed by atoms with Gasteiger partial charge in [-0.15, -0.1) is 35.3 Å². The predicted octanol–water partition coefficient (Wildman–Crippen LogP) is 3.39. The molecule has 2 N–H and O–H groups in total. The van der Waals surface area contributed by atoms with Gasteiger partial charge in [-0.2, -0.15) is 0 Å². The van der Waals surface area contributed by atoms with Crippen LogP contribution in [0.25, 0.3) is 0 Å². The van der Waals surface area contributed by atoms with Crippen LogP contribution >= 0.6 is 35.3 Å². The van der Waals surface area contributed by atoms with Crippen LogP contribution in [0.1, 0.15) is 49.9 Å². The molecule has 24 heavy (non-hydrogen) atoms. The Kier molecular flexibility index (Phi) is 9.51. The Morgan fingerprint density at radius 1 is 1.29 bits per heavy atom. The molecule has 1 aromatic rings. The fourth-order valence-corrected chi connectivity index (χ4v) is 3.59. The van der Waals surface area contributed by atoms with Gasteiger partial charge in [0.05, 0.1) is 6.54 Å². The molecule has 1 aromatic heterocycles. The standard InChI is InChI=1S/C17H31N5S.HI/c1-5-18-16(20-12-15-19-11-14(2)23-15)21-13-17(3,4)22-9-7-6-8-10-22;/h11H,5-10,12-13H2,1-4H3,(H2,18,20,21);1H. The second-order valence-electron chi connectivity index (χ2n) is 6.77. The van der Waals surface area contributed by atoms with Crippen molar-refractivity contribution in [1.82, 2.24) is 20.5 Å². The highest BCUT2D eigenvalue weighted by Gasteiger charge is 2.27. The molecule has 1 fully saturated rings. The number of thiazole rings is 1. The van der Waals surface area contributed by atoms with E-state index in [1.807, 2.05) is 6.20 Å². The molecular formula is C17H32IN5S. The number of hydrogen-bond acceptors (Lipinski definition) is 4. The number of halogens is 1. The van der Waals surface area contributed by atoms with E-state index < -0.39 is 0 Å². The lowest BCUT2D eigenvalue weighted by Gasteiger charge is -2.41. The lowest BCUT2D eigenvalue weighted by molar-refractivity contribution is 0.0982. The Bertz CT molecular complexity index is 509. The van der Waals surface area contributed by atoms with Crippen LogP contribution in [0, 0.1) is 6.92 Å². The molecule has 0 amide bonds. The number of likely N-dealkylation sites (tertiary alicyclic amines) is 1. The van der Waals surface area contributed by atoms with Crippen LogP contribution in [0.5, 0.6) is 0 Å². The third-order valence-electron chi connectivity index (χ3n) is 4.29. The number of nitrogens with one attached hydrogen (secondary N) is 2. The summed E-state index contributed by atoms with van der Waals surface area (Å²) in [7, 11) is 0. The first-order valence-corrected chi connectivity index (χ1v) is 9.51. The van der Waals surface area contributed by atoms with Gasteiger partial charge in [0.15, 0.2) is 5.96 Å². The van der Waals surface area contributed by atoms with E-state index in [1.54, 1.807) is 11.3 Å². The van der Waals surface area contributed by atoms with Crippen molar-refractivity contribution in [2.24, 2.45) is 4.99 Å². The van der Waals surface area contributed by atoms with E-state index in [9.17, 15) is 0 Å². The maximum Gasteiger partial charge on any atom is 0.191 e. The monoisotopic (exact) mass is 465 g/mol. The molecule has 0 saturated carbocycles. The highest BCUT2D eigenvalue weighted by atomic mass is 127. The van der Waals surface area contributed by atoms with E-state index in [0.29, 0.717) is 6.54 Å².